The van der Waals surface area contributed by atoms with Gasteiger partial charge in [-0.25, -0.2) is 0 Å². The summed E-state index contributed by atoms with van der Waals surface area (Å²) in [5.41, 5.74) is -0.501. The van der Waals surface area contributed by atoms with Crippen molar-refractivity contribution in [1.29, 1.82) is 0 Å². The van der Waals surface area contributed by atoms with Gasteiger partial charge in [0, 0.05) is 0 Å². The molecule has 0 aromatic rings. The average molecular weight is 273 g/mol. The molecule has 0 aliphatic heterocycles. The lowest BCUT2D eigenvalue weighted by Gasteiger charge is -2.10. The van der Waals surface area contributed by atoms with E-state index in [1.54, 1.807) is 6.92 Å². The molecular formula is C7H13Cl2F3O3. The third kappa shape index (κ3) is 16.9. The van der Waals surface area contributed by atoms with E-state index in [4.69, 9.17) is 38.2 Å². The van der Waals surface area contributed by atoms with Crippen LogP contribution in [0.4, 0.5) is 13.2 Å². The highest BCUT2D eigenvalue weighted by atomic mass is 35.5. The predicted octanol–water partition coefficient (Wildman–Crippen LogP) is 1.73. The summed E-state index contributed by atoms with van der Waals surface area (Å²) in [6.45, 7) is 0.224. The molecule has 0 bridgehead atoms. The minimum absolute atomic E-state index is 0.0210. The topological polar surface area (TPSA) is 49.7 Å². The second-order valence-corrected chi connectivity index (χ2v) is 3.51. The van der Waals surface area contributed by atoms with Crippen molar-refractivity contribution < 1.29 is 28.1 Å². The summed E-state index contributed by atoms with van der Waals surface area (Å²) >= 11 is 11.1. The maximum Gasteiger partial charge on any atom is 0.411 e. The molecule has 0 aliphatic carbocycles. The summed E-state index contributed by atoms with van der Waals surface area (Å²) in [5.74, 6) is 0. The van der Waals surface area contributed by atoms with Gasteiger partial charge >= 0.3 is 6.18 Å². The fourth-order valence-electron chi connectivity index (χ4n) is 0.298. The first-order chi connectivity index (χ1) is 6.74. The number of alkyl halides is 5. The fraction of sp³-hybridized carbons (Fsp3) is 1.00. The molecule has 2 atom stereocenters. The van der Waals surface area contributed by atoms with Crippen LogP contribution in [0.3, 0.4) is 0 Å². The first-order valence-electron chi connectivity index (χ1n) is 3.92. The molecule has 0 amide bonds. The lowest BCUT2D eigenvalue weighted by molar-refractivity contribution is -0.159. The van der Waals surface area contributed by atoms with Crippen molar-refractivity contribution in [2.75, 3.05) is 19.8 Å². The SMILES string of the molecule is CC(Cl)C(Cl)OCCO.OCC(F)(F)F. The molecule has 2 unspecified atom stereocenters. The smallest absolute Gasteiger partial charge is 0.394 e. The van der Waals surface area contributed by atoms with Crippen LogP contribution in [0.5, 0.6) is 0 Å². The van der Waals surface area contributed by atoms with Crippen LogP contribution in [-0.4, -0.2) is 47.2 Å². The quantitative estimate of drug-likeness (QED) is 0.767. The Kier molecular flexibility index (Phi) is 11.1. The van der Waals surface area contributed by atoms with E-state index in [-0.39, 0.29) is 18.6 Å². The largest absolute Gasteiger partial charge is 0.411 e. The molecule has 3 nitrogen and oxygen atoms in total. The Bertz CT molecular complexity index is 144. The Morgan fingerprint density at radius 1 is 1.27 bits per heavy atom. The van der Waals surface area contributed by atoms with E-state index in [1.165, 1.54) is 0 Å². The zero-order valence-electron chi connectivity index (χ0n) is 7.97. The number of hydrogen-bond donors (Lipinski definition) is 2. The van der Waals surface area contributed by atoms with Crippen LogP contribution >= 0.6 is 23.2 Å². The maximum atomic E-state index is 10.5. The van der Waals surface area contributed by atoms with Crippen LogP contribution in [0.25, 0.3) is 0 Å². The van der Waals surface area contributed by atoms with Crippen molar-refractivity contribution >= 4 is 23.2 Å². The molecule has 15 heavy (non-hydrogen) atoms. The van der Waals surface area contributed by atoms with Crippen LogP contribution in [0.15, 0.2) is 0 Å². The highest BCUT2D eigenvalue weighted by Gasteiger charge is 2.24. The van der Waals surface area contributed by atoms with Crippen molar-refractivity contribution in [3.63, 3.8) is 0 Å². The van der Waals surface area contributed by atoms with Crippen LogP contribution < -0.4 is 0 Å². The molecule has 0 aromatic carbocycles. The van der Waals surface area contributed by atoms with Crippen molar-refractivity contribution in [1.82, 2.24) is 0 Å². The number of ether oxygens (including phenoxy) is 1. The molecule has 2 N–H and O–H groups in total. The Hall–Kier alpha value is 0.250. The lowest BCUT2D eigenvalue weighted by atomic mass is 10.5. The highest BCUT2D eigenvalue weighted by molar-refractivity contribution is 6.29. The second kappa shape index (κ2) is 9.47. The zero-order valence-corrected chi connectivity index (χ0v) is 9.48. The molecule has 0 aliphatic rings. The van der Waals surface area contributed by atoms with Crippen LogP contribution in [0.2, 0.25) is 0 Å². The number of halogens is 5. The van der Waals surface area contributed by atoms with E-state index in [9.17, 15) is 13.2 Å². The van der Waals surface area contributed by atoms with Crippen LogP contribution in [0, 0.1) is 0 Å². The lowest BCUT2D eigenvalue weighted by Crippen LogP contribution is -2.17. The molecule has 0 rings (SSSR count). The standard InChI is InChI=1S/C5H10Cl2O2.C2H3F3O/c1-4(6)5(7)9-3-2-8;3-2(4,5)1-6/h4-5,8H,2-3H2,1H3;6H,1H2. The van der Waals surface area contributed by atoms with Gasteiger partial charge in [0.15, 0.2) is 0 Å². The minimum atomic E-state index is -4.40. The highest BCUT2D eigenvalue weighted by Crippen LogP contribution is 2.11. The zero-order chi connectivity index (χ0) is 12.5. The Balaban J connectivity index is 0. The molecule has 0 saturated heterocycles. The molecule has 0 spiro atoms. The molecule has 0 saturated carbocycles. The summed E-state index contributed by atoms with van der Waals surface area (Å²) in [6.07, 6.45) is -4.40. The van der Waals surface area contributed by atoms with E-state index in [2.05, 4.69) is 0 Å². The number of hydrogen-bond acceptors (Lipinski definition) is 3. The Labute approximate surface area is 95.7 Å². The third-order valence-electron chi connectivity index (χ3n) is 0.909. The van der Waals surface area contributed by atoms with E-state index in [1.807, 2.05) is 0 Å². The summed E-state index contributed by atoms with van der Waals surface area (Å²) in [7, 11) is 0. The van der Waals surface area contributed by atoms with Crippen molar-refractivity contribution in [3.05, 3.63) is 0 Å². The van der Waals surface area contributed by atoms with Gasteiger partial charge in [0.25, 0.3) is 0 Å². The van der Waals surface area contributed by atoms with Crippen molar-refractivity contribution in [2.45, 2.75) is 24.0 Å². The fourth-order valence-corrected chi connectivity index (χ4v) is 0.460. The van der Waals surface area contributed by atoms with Gasteiger partial charge < -0.3 is 14.9 Å². The van der Waals surface area contributed by atoms with Crippen molar-refractivity contribution in [3.8, 4) is 0 Å². The summed E-state index contributed by atoms with van der Waals surface area (Å²) in [6, 6.07) is 0. The van der Waals surface area contributed by atoms with Gasteiger partial charge in [-0.3, -0.25) is 0 Å². The van der Waals surface area contributed by atoms with E-state index >= 15 is 0 Å². The van der Waals surface area contributed by atoms with Gasteiger partial charge in [-0.05, 0) is 6.92 Å². The Morgan fingerprint density at radius 3 is 1.87 bits per heavy atom. The van der Waals surface area contributed by atoms with Gasteiger partial charge in [0.1, 0.15) is 12.2 Å². The van der Waals surface area contributed by atoms with Gasteiger partial charge in [0.05, 0.1) is 18.6 Å². The monoisotopic (exact) mass is 272 g/mol. The van der Waals surface area contributed by atoms with Gasteiger partial charge in [-0.2, -0.15) is 13.2 Å². The number of rotatable bonds is 4. The van der Waals surface area contributed by atoms with Crippen LogP contribution in [0.1, 0.15) is 6.92 Å². The van der Waals surface area contributed by atoms with Gasteiger partial charge in [-0.1, -0.05) is 11.6 Å². The number of aliphatic hydroxyl groups excluding tert-OH is 2. The predicted molar refractivity (Wildman–Crippen MR) is 51.1 cm³/mol. The minimum Gasteiger partial charge on any atom is -0.394 e. The molecular weight excluding hydrogens is 260 g/mol. The van der Waals surface area contributed by atoms with E-state index < -0.39 is 18.3 Å². The molecule has 94 valence electrons. The van der Waals surface area contributed by atoms with Crippen molar-refractivity contribution in [2.24, 2.45) is 0 Å². The first kappa shape index (κ1) is 17.6. The molecule has 0 heterocycles. The van der Waals surface area contributed by atoms with E-state index in [0.717, 1.165) is 0 Å². The second-order valence-electron chi connectivity index (χ2n) is 2.40. The summed E-state index contributed by atoms with van der Waals surface area (Å²) in [5, 5.41) is 15.3. The Morgan fingerprint density at radius 2 is 1.67 bits per heavy atom. The molecule has 0 radical (unpaired) electrons. The van der Waals surface area contributed by atoms with Crippen LogP contribution in [-0.2, 0) is 4.74 Å². The molecule has 0 fully saturated rings. The number of aliphatic hydroxyl groups is 2. The third-order valence-corrected chi connectivity index (χ3v) is 1.77. The molecule has 8 heteroatoms. The first-order valence-corrected chi connectivity index (χ1v) is 4.80. The molecule has 0 aromatic heterocycles. The van der Waals surface area contributed by atoms with E-state index in [0.29, 0.717) is 0 Å². The van der Waals surface area contributed by atoms with Gasteiger partial charge in [0.2, 0.25) is 0 Å². The normalized spacial score (nSPS) is 15.2. The summed E-state index contributed by atoms with van der Waals surface area (Å²) < 4.78 is 36.4. The average Bonchev–Trinajstić information content (AvgIpc) is 2.13. The summed E-state index contributed by atoms with van der Waals surface area (Å²) in [4.78, 5) is 0. The maximum absolute atomic E-state index is 10.5. The van der Waals surface area contributed by atoms with Gasteiger partial charge in [-0.15, -0.1) is 11.6 Å².